The number of nitrogens with zero attached hydrogens (tertiary/aromatic N) is 7. The molecule has 4 aromatic heterocycles. The van der Waals surface area contributed by atoms with E-state index in [0.29, 0.717) is 35.0 Å². The fraction of sp³-hybridized carbons (Fsp3) is 0.444. The number of carbonyl (C=O) groups is 1. The monoisotopic (exact) mass is 634 g/mol. The summed E-state index contributed by atoms with van der Waals surface area (Å²) in [6.45, 7) is 9.27. The van der Waals surface area contributed by atoms with E-state index < -0.39 is 0 Å². The summed E-state index contributed by atoms with van der Waals surface area (Å²) in [5, 5.41) is 3.25. The molecule has 2 fully saturated rings. The molecule has 8 rings (SSSR count). The van der Waals surface area contributed by atoms with Gasteiger partial charge in [-0.2, -0.15) is 0 Å². The molecule has 4 aliphatic rings. The summed E-state index contributed by atoms with van der Waals surface area (Å²) in [6, 6.07) is 10.9. The van der Waals surface area contributed by atoms with E-state index in [1.54, 1.807) is 24.0 Å². The zero-order valence-electron chi connectivity index (χ0n) is 27.2. The molecule has 1 unspecified atom stereocenters. The molecular weight excluding hydrogens is 592 g/mol. The summed E-state index contributed by atoms with van der Waals surface area (Å²) < 4.78 is 9.42. The highest BCUT2D eigenvalue weighted by Crippen LogP contribution is 2.34. The third kappa shape index (κ3) is 5.51. The first kappa shape index (κ1) is 29.9. The van der Waals surface area contributed by atoms with Gasteiger partial charge in [-0.1, -0.05) is 0 Å². The average molecular weight is 635 g/mol. The van der Waals surface area contributed by atoms with Crippen LogP contribution in [0.5, 0.6) is 0 Å². The molecule has 1 atom stereocenters. The van der Waals surface area contributed by atoms with Gasteiger partial charge < -0.3 is 29.0 Å². The highest BCUT2D eigenvalue weighted by molar-refractivity contribution is 5.93. The standard InChI is InChI=1S/C36H42N8O3/c1-24-18-41(29-22-47-23-29)11-13-43(24)27-7-8-34(38-17-27)39-32-16-26(19-40(2)36(32)46)30-9-10-37-35(31(30)21-45)42-12-14-44-28(20-42)15-25-5-3-4-6-33(25)44/h7-10,15-17,19,21,24,29H,3-6,11-14,18,20,22-23H2,1-2H3,(H,38,39). The van der Waals surface area contributed by atoms with E-state index in [9.17, 15) is 9.59 Å². The van der Waals surface area contributed by atoms with Crippen LogP contribution in [0.4, 0.5) is 23.0 Å². The molecule has 1 aliphatic carbocycles. The maximum Gasteiger partial charge on any atom is 0.274 e. The molecule has 0 spiro atoms. The maximum atomic E-state index is 13.3. The summed E-state index contributed by atoms with van der Waals surface area (Å²) in [6.07, 6.45) is 11.1. The number of ether oxygens (including phenoxy) is 1. The van der Waals surface area contributed by atoms with Gasteiger partial charge in [-0.05, 0) is 74.1 Å². The minimum Gasteiger partial charge on any atom is -0.378 e. The van der Waals surface area contributed by atoms with Crippen LogP contribution >= 0.6 is 0 Å². The van der Waals surface area contributed by atoms with Crippen LogP contribution in [0.15, 0.2) is 53.7 Å². The lowest BCUT2D eigenvalue weighted by molar-refractivity contribution is -0.0691. The lowest BCUT2D eigenvalue weighted by Gasteiger charge is -2.46. The molecule has 0 amide bonds. The first-order chi connectivity index (χ1) is 23.0. The molecule has 7 heterocycles. The number of aromatic nitrogens is 4. The quantitative estimate of drug-likeness (QED) is 0.303. The summed E-state index contributed by atoms with van der Waals surface area (Å²) >= 11 is 0. The van der Waals surface area contributed by atoms with E-state index in [4.69, 9.17) is 9.72 Å². The van der Waals surface area contributed by atoms with Gasteiger partial charge in [0.05, 0.1) is 43.2 Å². The molecule has 1 N–H and O–H groups in total. The van der Waals surface area contributed by atoms with Crippen molar-refractivity contribution in [1.82, 2.24) is 24.0 Å². The van der Waals surface area contributed by atoms with Gasteiger partial charge in [0.1, 0.15) is 17.3 Å². The molecule has 0 saturated carbocycles. The Morgan fingerprint density at radius 2 is 1.89 bits per heavy atom. The van der Waals surface area contributed by atoms with E-state index >= 15 is 0 Å². The molecule has 2 saturated heterocycles. The molecule has 0 bridgehead atoms. The van der Waals surface area contributed by atoms with Crippen molar-refractivity contribution in [3.05, 3.63) is 81.8 Å². The van der Waals surface area contributed by atoms with Crippen molar-refractivity contribution in [2.45, 2.75) is 57.8 Å². The zero-order valence-corrected chi connectivity index (χ0v) is 27.2. The molecule has 3 aliphatic heterocycles. The predicted octanol–water partition coefficient (Wildman–Crippen LogP) is 4.01. The summed E-state index contributed by atoms with van der Waals surface area (Å²) in [5.74, 6) is 1.27. The van der Waals surface area contributed by atoms with E-state index in [0.717, 1.165) is 88.4 Å². The number of carbonyl (C=O) groups excluding carboxylic acids is 1. The second-order valence-corrected chi connectivity index (χ2v) is 13.4. The number of nitrogens with one attached hydrogen (secondary N) is 1. The third-order valence-electron chi connectivity index (χ3n) is 10.5. The lowest BCUT2D eigenvalue weighted by atomic mass is 9.98. The van der Waals surface area contributed by atoms with Gasteiger partial charge in [0, 0.05) is 75.2 Å². The largest absolute Gasteiger partial charge is 0.378 e. The van der Waals surface area contributed by atoms with Gasteiger partial charge >= 0.3 is 0 Å². The fourth-order valence-electron chi connectivity index (χ4n) is 7.85. The van der Waals surface area contributed by atoms with E-state index in [2.05, 4.69) is 48.6 Å². The second kappa shape index (κ2) is 12.3. The van der Waals surface area contributed by atoms with Crippen LogP contribution in [0.2, 0.25) is 0 Å². The van der Waals surface area contributed by atoms with Crippen LogP contribution < -0.4 is 20.7 Å². The third-order valence-corrected chi connectivity index (χ3v) is 10.5. The molecule has 11 nitrogen and oxygen atoms in total. The van der Waals surface area contributed by atoms with Crippen molar-refractivity contribution in [2.24, 2.45) is 7.05 Å². The van der Waals surface area contributed by atoms with E-state index in [1.165, 1.54) is 29.8 Å². The first-order valence-electron chi connectivity index (χ1n) is 16.9. The number of fused-ring (bicyclic) bond motifs is 3. The van der Waals surface area contributed by atoms with Crippen LogP contribution in [0.25, 0.3) is 11.1 Å². The lowest BCUT2D eigenvalue weighted by Crippen LogP contribution is -2.59. The Morgan fingerprint density at radius 1 is 1.02 bits per heavy atom. The number of piperazine rings is 1. The smallest absolute Gasteiger partial charge is 0.274 e. The SMILES string of the molecule is CC1CN(C2COC2)CCN1c1ccc(Nc2cc(-c3ccnc(N4CCn5c(cc6c5CCCC6)C4)c3C=O)cn(C)c2=O)nc1. The number of aldehydes is 1. The maximum absolute atomic E-state index is 13.3. The molecule has 244 valence electrons. The minimum atomic E-state index is -0.174. The number of aryl methyl sites for hydroxylation is 2. The highest BCUT2D eigenvalue weighted by Gasteiger charge is 2.32. The van der Waals surface area contributed by atoms with Gasteiger partial charge in [0.2, 0.25) is 0 Å². The summed E-state index contributed by atoms with van der Waals surface area (Å²) in [7, 11) is 1.73. The average Bonchev–Trinajstić information content (AvgIpc) is 3.44. The van der Waals surface area contributed by atoms with Crippen LogP contribution in [0.1, 0.15) is 47.1 Å². The Kier molecular flexibility index (Phi) is 7.81. The molecule has 0 aromatic carbocycles. The van der Waals surface area contributed by atoms with Crippen LogP contribution in [0, 0.1) is 0 Å². The van der Waals surface area contributed by atoms with Crippen LogP contribution in [0.3, 0.4) is 0 Å². The number of hydrogen-bond donors (Lipinski definition) is 1. The van der Waals surface area contributed by atoms with Crippen molar-refractivity contribution < 1.29 is 9.53 Å². The van der Waals surface area contributed by atoms with Crippen molar-refractivity contribution in [3.63, 3.8) is 0 Å². The summed E-state index contributed by atoms with van der Waals surface area (Å²) in [5.41, 5.74) is 7.59. The first-order valence-corrected chi connectivity index (χ1v) is 16.9. The Hall–Kier alpha value is -4.48. The molecule has 0 radical (unpaired) electrons. The zero-order chi connectivity index (χ0) is 32.1. The molecule has 4 aromatic rings. The van der Waals surface area contributed by atoms with Crippen LogP contribution in [-0.2, 0) is 37.7 Å². The van der Waals surface area contributed by atoms with Gasteiger partial charge in [0.15, 0.2) is 6.29 Å². The molecule has 11 heteroatoms. The van der Waals surface area contributed by atoms with Crippen molar-refractivity contribution in [2.75, 3.05) is 54.5 Å². The second-order valence-electron chi connectivity index (χ2n) is 13.4. The van der Waals surface area contributed by atoms with Gasteiger partial charge in [-0.3, -0.25) is 14.5 Å². The number of hydrogen-bond acceptors (Lipinski definition) is 9. The topological polar surface area (TPSA) is 101 Å². The number of pyridine rings is 3. The van der Waals surface area contributed by atoms with Gasteiger partial charge in [-0.15, -0.1) is 0 Å². The number of anilines is 4. The fourth-order valence-corrected chi connectivity index (χ4v) is 7.85. The van der Waals surface area contributed by atoms with Gasteiger partial charge in [0.25, 0.3) is 5.56 Å². The summed E-state index contributed by atoms with van der Waals surface area (Å²) in [4.78, 5) is 42.4. The van der Waals surface area contributed by atoms with E-state index in [-0.39, 0.29) is 5.56 Å². The molecule has 47 heavy (non-hydrogen) atoms. The Bertz CT molecular complexity index is 1860. The van der Waals surface area contributed by atoms with Crippen molar-refractivity contribution in [1.29, 1.82) is 0 Å². The van der Waals surface area contributed by atoms with Crippen LogP contribution in [-0.4, -0.2) is 81.8 Å². The molecular formula is C36H42N8O3. The van der Waals surface area contributed by atoms with E-state index in [1.807, 2.05) is 24.4 Å². The number of rotatable bonds is 7. The Balaban J connectivity index is 1.03. The normalized spacial score (nSPS) is 20.0. The minimum absolute atomic E-state index is 0.174. The highest BCUT2D eigenvalue weighted by atomic mass is 16.5. The van der Waals surface area contributed by atoms with Crippen molar-refractivity contribution in [3.8, 4) is 11.1 Å². The predicted molar refractivity (Wildman–Crippen MR) is 183 cm³/mol. The van der Waals surface area contributed by atoms with Gasteiger partial charge in [-0.25, -0.2) is 9.97 Å². The Morgan fingerprint density at radius 3 is 2.66 bits per heavy atom. The van der Waals surface area contributed by atoms with Crippen molar-refractivity contribution >= 4 is 29.3 Å². The Labute approximate surface area is 274 Å².